The van der Waals surface area contributed by atoms with Gasteiger partial charge in [-0.2, -0.15) is 4.98 Å². The van der Waals surface area contributed by atoms with E-state index in [2.05, 4.69) is 57.4 Å². The van der Waals surface area contributed by atoms with Gasteiger partial charge in [0.05, 0.1) is 6.54 Å². The molecule has 1 aromatic carbocycles. The number of hydrogen-bond donors (Lipinski definition) is 1. The quantitative estimate of drug-likeness (QED) is 0.707. The molecule has 3 aromatic rings. The zero-order valence-corrected chi connectivity index (χ0v) is 12.5. The molecule has 0 aliphatic carbocycles. The van der Waals surface area contributed by atoms with Gasteiger partial charge < -0.3 is 14.4 Å². The van der Waals surface area contributed by atoms with E-state index >= 15 is 0 Å². The highest BCUT2D eigenvalue weighted by Gasteiger charge is 2.08. The Morgan fingerprint density at radius 3 is 2.95 bits per heavy atom. The Kier molecular flexibility index (Phi) is 4.01. The molecule has 21 heavy (non-hydrogen) atoms. The highest BCUT2D eigenvalue weighted by atomic mass is 16.5. The number of aryl methyl sites for hydroxylation is 1. The normalized spacial score (nSPS) is 11.3. The van der Waals surface area contributed by atoms with Gasteiger partial charge in [-0.15, -0.1) is 0 Å². The van der Waals surface area contributed by atoms with Crippen molar-refractivity contribution >= 4 is 10.9 Å². The van der Waals surface area contributed by atoms with Gasteiger partial charge >= 0.3 is 0 Å². The van der Waals surface area contributed by atoms with Gasteiger partial charge in [0.1, 0.15) is 0 Å². The van der Waals surface area contributed by atoms with Crippen molar-refractivity contribution in [1.29, 1.82) is 0 Å². The Balaban J connectivity index is 1.86. The number of aromatic nitrogens is 3. The van der Waals surface area contributed by atoms with Crippen LogP contribution >= 0.6 is 0 Å². The maximum absolute atomic E-state index is 5.03. The van der Waals surface area contributed by atoms with Gasteiger partial charge in [0.15, 0.2) is 5.82 Å². The lowest BCUT2D eigenvalue weighted by atomic mass is 10.1. The number of nitrogens with one attached hydrogen (secondary N) is 1. The third-order valence-corrected chi connectivity index (χ3v) is 3.53. The van der Waals surface area contributed by atoms with Crippen molar-refractivity contribution in [2.75, 3.05) is 6.54 Å². The maximum atomic E-state index is 5.03. The van der Waals surface area contributed by atoms with Gasteiger partial charge in [0, 0.05) is 30.6 Å². The van der Waals surface area contributed by atoms with E-state index in [9.17, 15) is 0 Å². The molecule has 0 atom stereocenters. The lowest BCUT2D eigenvalue weighted by molar-refractivity contribution is 0.386. The fourth-order valence-electron chi connectivity index (χ4n) is 2.54. The van der Waals surface area contributed by atoms with E-state index in [-0.39, 0.29) is 0 Å². The molecule has 0 radical (unpaired) electrons. The molecule has 3 rings (SSSR count). The molecular weight excluding hydrogens is 264 g/mol. The molecule has 0 bridgehead atoms. The first kappa shape index (κ1) is 13.8. The molecule has 0 aliphatic heterocycles. The maximum Gasteiger partial charge on any atom is 0.223 e. The van der Waals surface area contributed by atoms with Crippen LogP contribution in [0.5, 0.6) is 0 Å². The van der Waals surface area contributed by atoms with Crippen LogP contribution < -0.4 is 5.32 Å². The van der Waals surface area contributed by atoms with Crippen LogP contribution in [0.15, 0.2) is 35.0 Å². The van der Waals surface area contributed by atoms with Gasteiger partial charge in [0.25, 0.3) is 0 Å². The summed E-state index contributed by atoms with van der Waals surface area (Å²) in [5, 5.41) is 8.70. The zero-order chi connectivity index (χ0) is 14.7. The third-order valence-electron chi connectivity index (χ3n) is 3.53. The Morgan fingerprint density at radius 1 is 1.29 bits per heavy atom. The molecule has 5 heteroatoms. The third kappa shape index (κ3) is 2.97. The summed E-state index contributed by atoms with van der Waals surface area (Å²) in [4.78, 5) is 4.26. The highest BCUT2D eigenvalue weighted by Crippen LogP contribution is 2.21. The monoisotopic (exact) mass is 284 g/mol. The first-order chi connectivity index (χ1) is 10.3. The van der Waals surface area contributed by atoms with Crippen molar-refractivity contribution in [2.24, 2.45) is 0 Å². The average Bonchev–Trinajstić information content (AvgIpc) is 3.07. The Labute approximate surface area is 124 Å². The molecular formula is C16H20N4O. The predicted molar refractivity (Wildman–Crippen MR) is 82.1 cm³/mol. The first-order valence-electron chi connectivity index (χ1n) is 7.34. The molecule has 0 fully saturated rings. The number of fused-ring (bicyclic) bond motifs is 1. The van der Waals surface area contributed by atoms with Crippen molar-refractivity contribution < 1.29 is 4.52 Å². The van der Waals surface area contributed by atoms with Gasteiger partial charge in [-0.05, 0) is 30.7 Å². The summed E-state index contributed by atoms with van der Waals surface area (Å²) in [7, 11) is 0. The minimum Gasteiger partial charge on any atom is -0.340 e. The number of benzene rings is 1. The second-order valence-corrected chi connectivity index (χ2v) is 5.20. The average molecular weight is 284 g/mol. The van der Waals surface area contributed by atoms with Crippen molar-refractivity contribution in [2.45, 2.75) is 33.4 Å². The van der Waals surface area contributed by atoms with Crippen LogP contribution in [0.2, 0.25) is 0 Å². The zero-order valence-electron chi connectivity index (χ0n) is 12.5. The minimum atomic E-state index is 0.603. The van der Waals surface area contributed by atoms with Gasteiger partial charge in [0.2, 0.25) is 5.89 Å². The molecule has 2 heterocycles. The summed E-state index contributed by atoms with van der Waals surface area (Å²) in [6.07, 6.45) is 3.23. The topological polar surface area (TPSA) is 55.9 Å². The summed E-state index contributed by atoms with van der Waals surface area (Å²) in [6, 6.07) is 8.56. The van der Waals surface area contributed by atoms with Crippen molar-refractivity contribution in [3.63, 3.8) is 0 Å². The summed E-state index contributed by atoms with van der Waals surface area (Å²) in [6.45, 7) is 6.56. The first-order valence-corrected chi connectivity index (χ1v) is 7.34. The molecule has 2 aromatic heterocycles. The van der Waals surface area contributed by atoms with E-state index in [0.29, 0.717) is 18.3 Å². The number of hydrogen-bond acceptors (Lipinski definition) is 4. The summed E-state index contributed by atoms with van der Waals surface area (Å²) < 4.78 is 7.19. The van der Waals surface area contributed by atoms with E-state index in [4.69, 9.17) is 4.52 Å². The SMILES string of the molecule is CCCNCc1cccc2c1ccn2Cc1noc(C)n1. The number of nitrogens with zero attached hydrogens (tertiary/aromatic N) is 3. The molecule has 0 amide bonds. The fourth-order valence-corrected chi connectivity index (χ4v) is 2.54. The van der Waals surface area contributed by atoms with Crippen LogP contribution in [0.25, 0.3) is 10.9 Å². The molecule has 1 N–H and O–H groups in total. The molecule has 5 nitrogen and oxygen atoms in total. The van der Waals surface area contributed by atoms with E-state index in [0.717, 1.165) is 19.5 Å². The van der Waals surface area contributed by atoms with Crippen LogP contribution in [0.1, 0.15) is 30.6 Å². The Morgan fingerprint density at radius 2 is 2.19 bits per heavy atom. The van der Waals surface area contributed by atoms with Crippen LogP contribution in [0.4, 0.5) is 0 Å². The van der Waals surface area contributed by atoms with Crippen LogP contribution in [0, 0.1) is 6.92 Å². The molecule has 0 aliphatic rings. The van der Waals surface area contributed by atoms with Crippen molar-refractivity contribution in [3.05, 3.63) is 47.7 Å². The van der Waals surface area contributed by atoms with E-state index in [1.54, 1.807) is 0 Å². The minimum absolute atomic E-state index is 0.603. The van der Waals surface area contributed by atoms with Gasteiger partial charge in [-0.3, -0.25) is 0 Å². The van der Waals surface area contributed by atoms with E-state index in [1.807, 2.05) is 6.92 Å². The van der Waals surface area contributed by atoms with Crippen LogP contribution in [0.3, 0.4) is 0 Å². The lowest BCUT2D eigenvalue weighted by Gasteiger charge is -2.06. The van der Waals surface area contributed by atoms with E-state index in [1.165, 1.54) is 16.5 Å². The molecule has 0 unspecified atom stereocenters. The second-order valence-electron chi connectivity index (χ2n) is 5.20. The predicted octanol–water partition coefficient (Wildman–Crippen LogP) is 2.88. The van der Waals surface area contributed by atoms with Crippen molar-refractivity contribution in [3.8, 4) is 0 Å². The van der Waals surface area contributed by atoms with Crippen LogP contribution in [-0.4, -0.2) is 21.3 Å². The summed E-state index contributed by atoms with van der Waals surface area (Å²) in [5.41, 5.74) is 2.53. The van der Waals surface area contributed by atoms with Gasteiger partial charge in [-0.25, -0.2) is 0 Å². The smallest absolute Gasteiger partial charge is 0.223 e. The van der Waals surface area contributed by atoms with Gasteiger partial charge in [-0.1, -0.05) is 24.2 Å². The lowest BCUT2D eigenvalue weighted by Crippen LogP contribution is -2.13. The fraction of sp³-hybridized carbons (Fsp3) is 0.375. The number of rotatable bonds is 6. The highest BCUT2D eigenvalue weighted by molar-refractivity contribution is 5.83. The largest absolute Gasteiger partial charge is 0.340 e. The van der Waals surface area contributed by atoms with Crippen LogP contribution in [-0.2, 0) is 13.1 Å². The molecule has 0 saturated heterocycles. The molecule has 0 spiro atoms. The standard InChI is InChI=1S/C16H20N4O/c1-3-8-17-10-13-5-4-6-15-14(13)7-9-20(15)11-16-18-12(2)21-19-16/h4-7,9,17H,3,8,10-11H2,1-2H3. The molecule has 110 valence electrons. The van der Waals surface area contributed by atoms with E-state index < -0.39 is 0 Å². The second kappa shape index (κ2) is 6.10. The Bertz CT molecular complexity index is 729. The Hall–Kier alpha value is -2.14. The van der Waals surface area contributed by atoms with Crippen molar-refractivity contribution in [1.82, 2.24) is 20.0 Å². The summed E-state index contributed by atoms with van der Waals surface area (Å²) in [5.74, 6) is 1.31. The summed E-state index contributed by atoms with van der Waals surface area (Å²) >= 11 is 0. The molecule has 0 saturated carbocycles.